The predicted octanol–water partition coefficient (Wildman–Crippen LogP) is 2.15. The van der Waals surface area contributed by atoms with Gasteiger partial charge < -0.3 is 10.4 Å². The number of aliphatic hydroxyl groups is 1. The lowest BCUT2D eigenvalue weighted by Gasteiger charge is -2.07. The van der Waals surface area contributed by atoms with Crippen molar-refractivity contribution in [1.29, 1.82) is 0 Å². The molecule has 0 spiro atoms. The highest BCUT2D eigenvalue weighted by molar-refractivity contribution is 5.95. The quantitative estimate of drug-likeness (QED) is 0.811. The number of hydrogen-bond acceptors (Lipinski definition) is 2. The fourth-order valence-electron chi connectivity index (χ4n) is 3.27. The zero-order chi connectivity index (χ0) is 14.1. The molecule has 2 saturated carbocycles. The predicted molar refractivity (Wildman–Crippen MR) is 73.3 cm³/mol. The van der Waals surface area contributed by atoms with Crippen LogP contribution in [0.1, 0.15) is 24.8 Å². The molecule has 2 unspecified atom stereocenters. The summed E-state index contributed by atoms with van der Waals surface area (Å²) in [5, 5.41) is 11.5. The highest BCUT2D eigenvalue weighted by atomic mass is 19.1. The van der Waals surface area contributed by atoms with Crippen LogP contribution in [-0.4, -0.2) is 17.6 Å². The number of aliphatic hydroxyl groups excluding tert-OH is 1. The summed E-state index contributed by atoms with van der Waals surface area (Å²) in [5.41, 5.74) is 0.747. The summed E-state index contributed by atoms with van der Waals surface area (Å²) in [6.07, 6.45) is 3.54. The molecule has 1 aromatic carbocycles. The maximum absolute atomic E-state index is 13.5. The van der Waals surface area contributed by atoms with Gasteiger partial charge in [-0.05, 0) is 42.9 Å². The molecule has 0 aliphatic heterocycles. The van der Waals surface area contributed by atoms with Crippen LogP contribution in [0, 0.1) is 35.4 Å². The van der Waals surface area contributed by atoms with Crippen LogP contribution in [0.25, 0.3) is 0 Å². The molecule has 3 rings (SSSR count). The van der Waals surface area contributed by atoms with E-state index in [9.17, 15) is 9.18 Å². The summed E-state index contributed by atoms with van der Waals surface area (Å²) in [7, 11) is 0. The van der Waals surface area contributed by atoms with Gasteiger partial charge in [0.25, 0.3) is 0 Å². The summed E-state index contributed by atoms with van der Waals surface area (Å²) in [6, 6.07) is 4.33. The van der Waals surface area contributed by atoms with Crippen molar-refractivity contribution in [3.05, 3.63) is 29.6 Å². The van der Waals surface area contributed by atoms with E-state index in [0.717, 1.165) is 12.8 Å². The molecule has 1 amide bonds. The number of halogens is 1. The van der Waals surface area contributed by atoms with Crippen molar-refractivity contribution in [2.24, 2.45) is 17.8 Å². The third kappa shape index (κ3) is 2.41. The van der Waals surface area contributed by atoms with Gasteiger partial charge in [-0.2, -0.15) is 0 Å². The molecule has 104 valence electrons. The molecule has 0 heterocycles. The van der Waals surface area contributed by atoms with E-state index < -0.39 is 5.82 Å². The lowest BCUT2D eigenvalue weighted by atomic mass is 10.1. The molecule has 2 fully saturated rings. The second-order valence-electron chi connectivity index (χ2n) is 5.43. The van der Waals surface area contributed by atoms with Gasteiger partial charge in [-0.3, -0.25) is 4.79 Å². The van der Waals surface area contributed by atoms with Crippen LogP contribution in [0.4, 0.5) is 10.1 Å². The minimum absolute atomic E-state index is 0.0346. The molecule has 0 bridgehead atoms. The van der Waals surface area contributed by atoms with E-state index in [2.05, 4.69) is 17.2 Å². The molecular weight excluding hydrogens is 257 g/mol. The fourth-order valence-corrected chi connectivity index (χ4v) is 3.27. The molecule has 4 heteroatoms. The number of carbonyl (C=O) groups is 1. The third-order valence-electron chi connectivity index (χ3n) is 4.25. The Balaban J connectivity index is 1.70. The lowest BCUT2D eigenvalue weighted by molar-refractivity contribution is -0.118. The molecule has 0 radical (unpaired) electrons. The first-order valence-corrected chi connectivity index (χ1v) is 6.91. The highest BCUT2D eigenvalue weighted by Gasteiger charge is 2.56. The lowest BCUT2D eigenvalue weighted by Crippen LogP contribution is -2.16. The van der Waals surface area contributed by atoms with Crippen molar-refractivity contribution in [2.75, 3.05) is 11.9 Å². The maximum Gasteiger partial charge on any atom is 0.228 e. The monoisotopic (exact) mass is 273 g/mol. The molecule has 2 atom stereocenters. The first-order chi connectivity index (χ1) is 9.70. The number of anilines is 1. The second kappa shape index (κ2) is 5.26. The Labute approximate surface area is 117 Å². The van der Waals surface area contributed by atoms with Crippen molar-refractivity contribution in [2.45, 2.75) is 19.3 Å². The van der Waals surface area contributed by atoms with E-state index in [1.54, 1.807) is 0 Å². The van der Waals surface area contributed by atoms with Crippen molar-refractivity contribution in [3.8, 4) is 11.8 Å². The Morgan fingerprint density at radius 1 is 1.40 bits per heavy atom. The first kappa shape index (κ1) is 13.1. The summed E-state index contributed by atoms with van der Waals surface area (Å²) < 4.78 is 13.5. The number of benzene rings is 1. The molecule has 20 heavy (non-hydrogen) atoms. The second-order valence-corrected chi connectivity index (χ2v) is 5.43. The van der Waals surface area contributed by atoms with Crippen LogP contribution in [0.5, 0.6) is 0 Å². The van der Waals surface area contributed by atoms with Crippen LogP contribution in [0.3, 0.4) is 0 Å². The van der Waals surface area contributed by atoms with Gasteiger partial charge in [-0.15, -0.1) is 0 Å². The van der Waals surface area contributed by atoms with Crippen LogP contribution in [0.2, 0.25) is 0 Å². The van der Waals surface area contributed by atoms with Crippen molar-refractivity contribution < 1.29 is 14.3 Å². The Kier molecular flexibility index (Phi) is 3.45. The van der Waals surface area contributed by atoms with Crippen LogP contribution in [-0.2, 0) is 4.79 Å². The minimum Gasteiger partial charge on any atom is -0.384 e. The van der Waals surface area contributed by atoms with Crippen LogP contribution < -0.4 is 5.32 Å². The van der Waals surface area contributed by atoms with E-state index in [4.69, 9.17) is 5.11 Å². The molecular formula is C16H16FNO2. The molecule has 1 aromatic rings. The van der Waals surface area contributed by atoms with Gasteiger partial charge >= 0.3 is 0 Å². The van der Waals surface area contributed by atoms with E-state index in [0.29, 0.717) is 17.5 Å². The SMILES string of the molecule is O=C(Nc1ccc(F)c(C#CCO)c1)C1C2CCCC21. The number of hydrogen-bond donors (Lipinski definition) is 2. The molecule has 0 aromatic heterocycles. The molecule has 0 saturated heterocycles. The largest absolute Gasteiger partial charge is 0.384 e. The molecule has 2 N–H and O–H groups in total. The van der Waals surface area contributed by atoms with E-state index in [1.165, 1.54) is 24.6 Å². The van der Waals surface area contributed by atoms with Gasteiger partial charge in [0.05, 0.1) is 5.56 Å². The van der Waals surface area contributed by atoms with Gasteiger partial charge in [-0.1, -0.05) is 18.3 Å². The Hall–Kier alpha value is -1.86. The van der Waals surface area contributed by atoms with Gasteiger partial charge in [0, 0.05) is 11.6 Å². The van der Waals surface area contributed by atoms with Crippen molar-refractivity contribution in [3.63, 3.8) is 0 Å². The molecule has 2 aliphatic carbocycles. The summed E-state index contributed by atoms with van der Waals surface area (Å²) in [4.78, 5) is 12.1. The number of amides is 1. The standard InChI is InChI=1S/C16H16FNO2/c17-14-7-6-11(9-10(14)3-2-8-19)18-16(20)15-12-4-1-5-13(12)15/h6-7,9,12-13,15,19H,1,4-5,8H2,(H,18,20). The van der Waals surface area contributed by atoms with Gasteiger partial charge in [-0.25, -0.2) is 4.39 Å². The van der Waals surface area contributed by atoms with Crippen molar-refractivity contribution in [1.82, 2.24) is 0 Å². The Bertz CT molecular complexity index is 592. The zero-order valence-electron chi connectivity index (χ0n) is 11.0. The van der Waals surface area contributed by atoms with Gasteiger partial charge in [0.15, 0.2) is 0 Å². The number of carbonyl (C=O) groups excluding carboxylic acids is 1. The van der Waals surface area contributed by atoms with E-state index in [1.807, 2.05) is 0 Å². The van der Waals surface area contributed by atoms with Crippen LogP contribution >= 0.6 is 0 Å². The molecule has 2 aliphatic rings. The average Bonchev–Trinajstić information content (AvgIpc) is 2.93. The Morgan fingerprint density at radius 3 is 2.85 bits per heavy atom. The smallest absolute Gasteiger partial charge is 0.228 e. The zero-order valence-corrected chi connectivity index (χ0v) is 11.0. The maximum atomic E-state index is 13.5. The summed E-state index contributed by atoms with van der Waals surface area (Å²) in [6.45, 7) is -0.318. The topological polar surface area (TPSA) is 49.3 Å². The minimum atomic E-state index is -0.452. The number of nitrogens with one attached hydrogen (secondary N) is 1. The van der Waals surface area contributed by atoms with Crippen LogP contribution in [0.15, 0.2) is 18.2 Å². The van der Waals surface area contributed by atoms with E-state index in [-0.39, 0.29) is 24.0 Å². The van der Waals surface area contributed by atoms with Gasteiger partial charge in [0.1, 0.15) is 12.4 Å². The fraction of sp³-hybridized carbons (Fsp3) is 0.438. The van der Waals surface area contributed by atoms with Gasteiger partial charge in [0.2, 0.25) is 5.91 Å². The number of fused-ring (bicyclic) bond motifs is 1. The van der Waals surface area contributed by atoms with E-state index >= 15 is 0 Å². The average molecular weight is 273 g/mol. The third-order valence-corrected chi connectivity index (χ3v) is 4.25. The first-order valence-electron chi connectivity index (χ1n) is 6.91. The molecule has 3 nitrogen and oxygen atoms in total. The highest BCUT2D eigenvalue weighted by Crippen LogP contribution is 2.57. The normalized spacial score (nSPS) is 26.4. The number of rotatable bonds is 2. The van der Waals surface area contributed by atoms with Crippen molar-refractivity contribution >= 4 is 11.6 Å². The summed E-state index contributed by atoms with van der Waals surface area (Å²) in [5.74, 6) is 5.78. The summed E-state index contributed by atoms with van der Waals surface area (Å²) >= 11 is 0. The Morgan fingerprint density at radius 2 is 2.15 bits per heavy atom.